The molecule has 1 atom stereocenters. The number of pyridine rings is 1. The van der Waals surface area contributed by atoms with Gasteiger partial charge in [-0.25, -0.2) is 9.97 Å². The number of benzene rings is 1. The molecule has 0 aliphatic carbocycles. The van der Waals surface area contributed by atoms with E-state index in [9.17, 15) is 10.2 Å². The maximum absolute atomic E-state index is 10.1. The van der Waals surface area contributed by atoms with Gasteiger partial charge in [0.1, 0.15) is 17.4 Å². The van der Waals surface area contributed by atoms with Crippen molar-refractivity contribution < 1.29 is 14.9 Å². The van der Waals surface area contributed by atoms with Crippen LogP contribution in [0.1, 0.15) is 12.5 Å². The van der Waals surface area contributed by atoms with Gasteiger partial charge in [-0.3, -0.25) is 0 Å². The third-order valence-electron chi connectivity index (χ3n) is 5.86. The molecule has 4 heterocycles. The molecule has 9 heteroatoms. The van der Waals surface area contributed by atoms with Gasteiger partial charge in [0.05, 0.1) is 25.0 Å². The fourth-order valence-electron chi connectivity index (χ4n) is 4.23. The monoisotopic (exact) mass is 448 g/mol. The Bertz CT molecular complexity index is 1130. The molecular formula is C24H28N6O3. The van der Waals surface area contributed by atoms with Crippen LogP contribution >= 0.6 is 0 Å². The summed E-state index contributed by atoms with van der Waals surface area (Å²) in [6.07, 6.45) is 2.09. The number of hydrogen-bond donors (Lipinski definition) is 3. The summed E-state index contributed by atoms with van der Waals surface area (Å²) in [5, 5.41) is 22.8. The number of aliphatic hydroxyl groups excluding tert-OH is 1. The molecule has 1 fully saturated rings. The van der Waals surface area contributed by atoms with Crippen molar-refractivity contribution in [1.82, 2.24) is 15.0 Å². The number of hydrogen-bond acceptors (Lipinski definition) is 9. The zero-order valence-corrected chi connectivity index (χ0v) is 18.6. The minimum atomic E-state index is -0.461. The molecular weight excluding hydrogens is 420 g/mol. The average molecular weight is 449 g/mol. The van der Waals surface area contributed by atoms with Gasteiger partial charge in [0.15, 0.2) is 0 Å². The number of fused-ring (bicyclic) bond motifs is 1. The number of anilines is 4. The van der Waals surface area contributed by atoms with Gasteiger partial charge in [0.2, 0.25) is 5.95 Å². The van der Waals surface area contributed by atoms with Gasteiger partial charge < -0.3 is 30.1 Å². The van der Waals surface area contributed by atoms with Crippen molar-refractivity contribution in [2.24, 2.45) is 0 Å². The van der Waals surface area contributed by atoms with Crippen LogP contribution in [0.15, 0.2) is 42.6 Å². The van der Waals surface area contributed by atoms with Crippen molar-refractivity contribution in [2.75, 3.05) is 54.5 Å². The first kappa shape index (κ1) is 21.4. The Morgan fingerprint density at radius 3 is 2.76 bits per heavy atom. The number of aromatic nitrogens is 3. The Kier molecular flexibility index (Phi) is 5.97. The van der Waals surface area contributed by atoms with Crippen LogP contribution in [0.2, 0.25) is 0 Å². The van der Waals surface area contributed by atoms with E-state index in [1.165, 1.54) is 0 Å². The largest absolute Gasteiger partial charge is 0.508 e. The van der Waals surface area contributed by atoms with Crippen LogP contribution in [0.25, 0.3) is 11.3 Å². The molecule has 0 amide bonds. The number of ether oxygens (including phenoxy) is 1. The minimum Gasteiger partial charge on any atom is -0.508 e. The van der Waals surface area contributed by atoms with Crippen LogP contribution in [-0.2, 0) is 11.2 Å². The molecule has 0 bridgehead atoms. The summed E-state index contributed by atoms with van der Waals surface area (Å²) < 4.78 is 5.52. The highest BCUT2D eigenvalue weighted by molar-refractivity contribution is 5.78. The highest BCUT2D eigenvalue weighted by atomic mass is 16.5. The smallest absolute Gasteiger partial charge is 0.228 e. The molecule has 5 rings (SSSR count). The standard InChI is InChI=1S/C24H28N6O3/c1-16(31)15-26-21-14-18(5-7-25-21)30-8-6-20-22(17-3-2-4-19(32)13-17)27-24(28-23(20)30)29-9-11-33-12-10-29/h2-5,7,13-14,16,31-32H,6,8-12,15H2,1H3,(H,25,26). The Labute approximate surface area is 192 Å². The number of aromatic hydroxyl groups is 1. The number of rotatable bonds is 6. The first-order chi connectivity index (χ1) is 16.1. The van der Waals surface area contributed by atoms with Gasteiger partial charge in [0, 0.05) is 55.3 Å². The predicted octanol–water partition coefficient (Wildman–Crippen LogP) is 2.57. The molecule has 1 aromatic carbocycles. The highest BCUT2D eigenvalue weighted by Gasteiger charge is 2.29. The summed E-state index contributed by atoms with van der Waals surface area (Å²) in [5.41, 5.74) is 3.76. The van der Waals surface area contributed by atoms with Crippen molar-refractivity contribution in [3.8, 4) is 17.0 Å². The van der Waals surface area contributed by atoms with Gasteiger partial charge in [-0.15, -0.1) is 0 Å². The van der Waals surface area contributed by atoms with Gasteiger partial charge in [-0.05, 0) is 31.5 Å². The molecule has 3 N–H and O–H groups in total. The van der Waals surface area contributed by atoms with Crippen LogP contribution in [0.5, 0.6) is 5.75 Å². The first-order valence-corrected chi connectivity index (χ1v) is 11.3. The molecule has 2 aromatic heterocycles. The first-order valence-electron chi connectivity index (χ1n) is 11.3. The zero-order chi connectivity index (χ0) is 22.8. The minimum absolute atomic E-state index is 0.214. The predicted molar refractivity (Wildman–Crippen MR) is 127 cm³/mol. The summed E-state index contributed by atoms with van der Waals surface area (Å²) in [6.45, 7) is 5.70. The second-order valence-corrected chi connectivity index (χ2v) is 8.35. The lowest BCUT2D eigenvalue weighted by Crippen LogP contribution is -2.37. The van der Waals surface area contributed by atoms with E-state index in [0.29, 0.717) is 31.5 Å². The molecule has 0 saturated carbocycles. The number of phenolic OH excluding ortho intramolecular Hbond substituents is 1. The molecule has 1 saturated heterocycles. The molecule has 0 radical (unpaired) electrons. The van der Waals surface area contributed by atoms with Crippen molar-refractivity contribution in [3.05, 3.63) is 48.2 Å². The molecule has 3 aromatic rings. The lowest BCUT2D eigenvalue weighted by molar-refractivity contribution is 0.122. The van der Waals surface area contributed by atoms with E-state index in [1.54, 1.807) is 25.3 Å². The number of phenols is 1. The average Bonchev–Trinajstić information content (AvgIpc) is 3.27. The van der Waals surface area contributed by atoms with Crippen LogP contribution in [-0.4, -0.2) is 70.7 Å². The second-order valence-electron chi connectivity index (χ2n) is 8.35. The van der Waals surface area contributed by atoms with E-state index in [2.05, 4.69) is 20.1 Å². The van der Waals surface area contributed by atoms with Crippen molar-refractivity contribution in [1.29, 1.82) is 0 Å². The Hall–Kier alpha value is -3.43. The summed E-state index contributed by atoms with van der Waals surface area (Å²) in [7, 11) is 0. The van der Waals surface area contributed by atoms with E-state index in [0.717, 1.165) is 54.4 Å². The topological polar surface area (TPSA) is 107 Å². The van der Waals surface area contributed by atoms with Gasteiger partial charge >= 0.3 is 0 Å². The fraction of sp³-hybridized carbons (Fsp3) is 0.375. The van der Waals surface area contributed by atoms with Crippen molar-refractivity contribution in [3.63, 3.8) is 0 Å². The van der Waals surface area contributed by atoms with Crippen LogP contribution in [0.3, 0.4) is 0 Å². The SMILES string of the molecule is CC(O)CNc1cc(N2CCc3c(-c4cccc(O)c4)nc(N4CCOCC4)nc32)ccn1. The zero-order valence-electron chi connectivity index (χ0n) is 18.6. The lowest BCUT2D eigenvalue weighted by atomic mass is 10.1. The van der Waals surface area contributed by atoms with E-state index in [-0.39, 0.29) is 5.75 Å². The summed E-state index contributed by atoms with van der Waals surface area (Å²) in [5.74, 6) is 2.46. The van der Waals surface area contributed by atoms with E-state index < -0.39 is 6.10 Å². The van der Waals surface area contributed by atoms with Gasteiger partial charge in [-0.1, -0.05) is 12.1 Å². The molecule has 33 heavy (non-hydrogen) atoms. The molecule has 1 unspecified atom stereocenters. The van der Waals surface area contributed by atoms with E-state index >= 15 is 0 Å². The van der Waals surface area contributed by atoms with E-state index in [1.807, 2.05) is 24.3 Å². The fourth-order valence-corrected chi connectivity index (χ4v) is 4.23. The number of nitrogens with zero attached hydrogens (tertiary/aromatic N) is 5. The molecule has 2 aliphatic heterocycles. The maximum atomic E-state index is 10.1. The van der Waals surface area contributed by atoms with Crippen LogP contribution in [0, 0.1) is 0 Å². The number of nitrogens with one attached hydrogen (secondary N) is 1. The normalized spacial score (nSPS) is 16.5. The Morgan fingerprint density at radius 1 is 1.12 bits per heavy atom. The molecule has 9 nitrogen and oxygen atoms in total. The number of morpholine rings is 1. The Balaban J connectivity index is 1.56. The van der Waals surface area contributed by atoms with Crippen LogP contribution in [0.4, 0.5) is 23.3 Å². The van der Waals surface area contributed by atoms with Crippen LogP contribution < -0.4 is 15.1 Å². The van der Waals surface area contributed by atoms with E-state index in [4.69, 9.17) is 14.7 Å². The lowest BCUT2D eigenvalue weighted by Gasteiger charge is -2.28. The van der Waals surface area contributed by atoms with Crippen molar-refractivity contribution in [2.45, 2.75) is 19.4 Å². The second kappa shape index (κ2) is 9.21. The summed E-state index contributed by atoms with van der Waals surface area (Å²) >= 11 is 0. The highest BCUT2D eigenvalue weighted by Crippen LogP contribution is 2.40. The van der Waals surface area contributed by atoms with Gasteiger partial charge in [-0.2, -0.15) is 4.98 Å². The maximum Gasteiger partial charge on any atom is 0.228 e. The Morgan fingerprint density at radius 2 is 1.97 bits per heavy atom. The molecule has 2 aliphatic rings. The van der Waals surface area contributed by atoms with Crippen molar-refractivity contribution >= 4 is 23.3 Å². The summed E-state index contributed by atoms with van der Waals surface area (Å²) in [6, 6.07) is 11.2. The quantitative estimate of drug-likeness (QED) is 0.524. The third-order valence-corrected chi connectivity index (χ3v) is 5.86. The summed E-state index contributed by atoms with van der Waals surface area (Å²) in [4.78, 5) is 18.6. The molecule has 0 spiro atoms. The van der Waals surface area contributed by atoms with Gasteiger partial charge in [0.25, 0.3) is 0 Å². The molecule has 172 valence electrons. The third kappa shape index (κ3) is 4.55. The number of aliphatic hydroxyl groups is 1.